The number of unbranched alkanes of at least 4 members (excludes halogenated alkanes) is 1. The summed E-state index contributed by atoms with van der Waals surface area (Å²) in [6.45, 7) is 4.13. The summed E-state index contributed by atoms with van der Waals surface area (Å²) in [5.74, 6) is 0.733. The Bertz CT molecular complexity index is 754. The minimum absolute atomic E-state index is 0.315. The highest BCUT2D eigenvalue weighted by molar-refractivity contribution is 5.69. The maximum atomic E-state index is 12.5. The lowest BCUT2D eigenvalue weighted by Crippen LogP contribution is -2.39. The molecule has 2 rings (SSSR count). The van der Waals surface area contributed by atoms with Crippen molar-refractivity contribution in [2.24, 2.45) is 7.05 Å². The molecule has 122 valence electrons. The molecule has 22 heavy (non-hydrogen) atoms. The molecule has 0 spiro atoms. The number of aromatic nitrogens is 4. The lowest BCUT2D eigenvalue weighted by atomic mass is 10.2. The molecule has 0 aliphatic heterocycles. The van der Waals surface area contributed by atoms with Gasteiger partial charge in [-0.25, -0.2) is 9.78 Å². The van der Waals surface area contributed by atoms with Gasteiger partial charge < -0.3 is 10.1 Å². The van der Waals surface area contributed by atoms with Crippen LogP contribution in [0.5, 0.6) is 0 Å². The van der Waals surface area contributed by atoms with Crippen LogP contribution in [0.15, 0.2) is 9.59 Å². The number of nitrogens with one attached hydrogen (secondary N) is 1. The zero-order chi connectivity index (χ0) is 16.3. The van der Waals surface area contributed by atoms with E-state index in [1.807, 2.05) is 6.92 Å². The maximum absolute atomic E-state index is 12.5. The first-order valence-corrected chi connectivity index (χ1v) is 7.82. The first-order chi connectivity index (χ1) is 10.5. The van der Waals surface area contributed by atoms with Crippen molar-refractivity contribution in [1.29, 1.82) is 0 Å². The summed E-state index contributed by atoms with van der Waals surface area (Å²) in [7, 11) is 1.63. The number of imidazole rings is 1. The summed E-state index contributed by atoms with van der Waals surface area (Å²) >= 11 is 0. The lowest BCUT2D eigenvalue weighted by molar-refractivity contribution is 0.180. The number of nitrogens with zero attached hydrogens (tertiary/aromatic N) is 3. The molecular weight excluding hydrogens is 284 g/mol. The molecule has 2 aromatic heterocycles. The van der Waals surface area contributed by atoms with Crippen LogP contribution in [0.2, 0.25) is 0 Å². The van der Waals surface area contributed by atoms with Gasteiger partial charge in [0.25, 0.3) is 5.56 Å². The maximum Gasteiger partial charge on any atom is 0.332 e. The van der Waals surface area contributed by atoms with Crippen molar-refractivity contribution in [3.8, 4) is 0 Å². The molecule has 1 unspecified atom stereocenters. The summed E-state index contributed by atoms with van der Waals surface area (Å²) in [4.78, 5) is 32.2. The van der Waals surface area contributed by atoms with E-state index in [4.69, 9.17) is 0 Å². The number of hydrogen-bond acceptors (Lipinski definition) is 4. The molecule has 0 aliphatic carbocycles. The van der Waals surface area contributed by atoms with Crippen LogP contribution in [0.25, 0.3) is 11.2 Å². The standard InChI is InChI=1S/C15H24N4O3/c1-4-7-11-16-12-13(17-11)18(3)15(22)19(14(12)21)9-6-5-8-10(2)20/h10,20H,4-9H2,1-3H3,(H,16,17). The monoisotopic (exact) mass is 308 g/mol. The summed E-state index contributed by atoms with van der Waals surface area (Å²) < 4.78 is 2.67. The average molecular weight is 308 g/mol. The second-order valence-electron chi connectivity index (χ2n) is 5.78. The molecule has 0 amide bonds. The molecule has 0 radical (unpaired) electrons. The smallest absolute Gasteiger partial charge is 0.332 e. The van der Waals surface area contributed by atoms with Gasteiger partial charge in [0.05, 0.1) is 6.10 Å². The topological polar surface area (TPSA) is 92.9 Å². The summed E-state index contributed by atoms with van der Waals surface area (Å²) in [6, 6.07) is 0. The van der Waals surface area contributed by atoms with E-state index < -0.39 is 0 Å². The molecule has 2 aromatic rings. The van der Waals surface area contributed by atoms with Crippen molar-refractivity contribution >= 4 is 11.2 Å². The Morgan fingerprint density at radius 1 is 1.32 bits per heavy atom. The molecule has 0 saturated carbocycles. The minimum atomic E-state index is -0.355. The van der Waals surface area contributed by atoms with Crippen LogP contribution >= 0.6 is 0 Å². The number of rotatable bonds is 7. The Balaban J connectivity index is 2.34. The Morgan fingerprint density at radius 3 is 2.68 bits per heavy atom. The van der Waals surface area contributed by atoms with Crippen molar-refractivity contribution in [2.75, 3.05) is 0 Å². The number of aliphatic hydroxyl groups excluding tert-OH is 1. The van der Waals surface area contributed by atoms with E-state index in [1.54, 1.807) is 14.0 Å². The number of H-pyrrole nitrogens is 1. The van der Waals surface area contributed by atoms with Crippen LogP contribution in [-0.2, 0) is 20.0 Å². The summed E-state index contributed by atoms with van der Waals surface area (Å²) in [5, 5.41) is 9.25. The molecular formula is C15H24N4O3. The highest BCUT2D eigenvalue weighted by Gasteiger charge is 2.14. The number of fused-ring (bicyclic) bond motifs is 1. The minimum Gasteiger partial charge on any atom is -0.393 e. The van der Waals surface area contributed by atoms with Gasteiger partial charge in [-0.2, -0.15) is 0 Å². The highest BCUT2D eigenvalue weighted by atomic mass is 16.3. The third-order valence-electron chi connectivity index (χ3n) is 3.77. The number of aliphatic hydroxyl groups is 1. The second-order valence-corrected chi connectivity index (χ2v) is 5.78. The largest absolute Gasteiger partial charge is 0.393 e. The highest BCUT2D eigenvalue weighted by Crippen LogP contribution is 2.07. The van der Waals surface area contributed by atoms with Gasteiger partial charge in [-0.1, -0.05) is 6.92 Å². The molecule has 2 heterocycles. The predicted octanol–water partition coefficient (Wildman–Crippen LogP) is 0.927. The van der Waals surface area contributed by atoms with E-state index in [0.29, 0.717) is 30.6 Å². The molecule has 0 aliphatic rings. The average Bonchev–Trinajstić information content (AvgIpc) is 2.88. The fourth-order valence-electron chi connectivity index (χ4n) is 2.56. The second kappa shape index (κ2) is 6.91. The Hall–Kier alpha value is -1.89. The van der Waals surface area contributed by atoms with Crippen LogP contribution < -0.4 is 11.2 Å². The number of aryl methyl sites for hydroxylation is 2. The van der Waals surface area contributed by atoms with Gasteiger partial charge in [-0.05, 0) is 32.6 Å². The molecule has 0 saturated heterocycles. The van der Waals surface area contributed by atoms with E-state index in [0.717, 1.165) is 25.1 Å². The van der Waals surface area contributed by atoms with E-state index in [2.05, 4.69) is 9.97 Å². The molecule has 0 bridgehead atoms. The molecule has 7 nitrogen and oxygen atoms in total. The quantitative estimate of drug-likeness (QED) is 0.744. The fraction of sp³-hybridized carbons (Fsp3) is 0.667. The van der Waals surface area contributed by atoms with Crippen LogP contribution in [-0.4, -0.2) is 30.3 Å². The van der Waals surface area contributed by atoms with Gasteiger partial charge in [0.2, 0.25) is 0 Å². The van der Waals surface area contributed by atoms with Gasteiger partial charge >= 0.3 is 5.69 Å². The van der Waals surface area contributed by atoms with Gasteiger partial charge in [0.15, 0.2) is 5.65 Å². The Kier molecular flexibility index (Phi) is 5.18. The van der Waals surface area contributed by atoms with Crippen LogP contribution in [0, 0.1) is 0 Å². The van der Waals surface area contributed by atoms with Crippen molar-refractivity contribution < 1.29 is 5.11 Å². The van der Waals surface area contributed by atoms with Crippen molar-refractivity contribution in [3.63, 3.8) is 0 Å². The van der Waals surface area contributed by atoms with Gasteiger partial charge in [-0.3, -0.25) is 13.9 Å². The van der Waals surface area contributed by atoms with Gasteiger partial charge in [-0.15, -0.1) is 0 Å². The lowest BCUT2D eigenvalue weighted by Gasteiger charge is -2.08. The Morgan fingerprint density at radius 2 is 2.05 bits per heavy atom. The van der Waals surface area contributed by atoms with E-state index in [9.17, 15) is 14.7 Å². The predicted molar refractivity (Wildman–Crippen MR) is 85.1 cm³/mol. The van der Waals surface area contributed by atoms with Crippen LogP contribution in [0.1, 0.15) is 45.4 Å². The first kappa shape index (κ1) is 16.5. The van der Waals surface area contributed by atoms with Crippen LogP contribution in [0.4, 0.5) is 0 Å². The van der Waals surface area contributed by atoms with E-state index in [1.165, 1.54) is 9.13 Å². The van der Waals surface area contributed by atoms with Crippen LogP contribution in [0.3, 0.4) is 0 Å². The first-order valence-electron chi connectivity index (χ1n) is 7.82. The molecule has 2 N–H and O–H groups in total. The van der Waals surface area contributed by atoms with Gasteiger partial charge in [0, 0.05) is 20.0 Å². The van der Waals surface area contributed by atoms with Crippen molar-refractivity contribution in [3.05, 3.63) is 26.7 Å². The summed E-state index contributed by atoms with van der Waals surface area (Å²) in [5.41, 5.74) is 0.147. The number of aromatic amines is 1. The zero-order valence-electron chi connectivity index (χ0n) is 13.4. The third kappa shape index (κ3) is 3.30. The zero-order valence-corrected chi connectivity index (χ0v) is 13.4. The van der Waals surface area contributed by atoms with Crippen molar-refractivity contribution in [2.45, 2.75) is 58.6 Å². The normalized spacial score (nSPS) is 12.9. The molecule has 1 atom stereocenters. The van der Waals surface area contributed by atoms with Crippen molar-refractivity contribution in [1.82, 2.24) is 19.1 Å². The number of hydrogen-bond donors (Lipinski definition) is 2. The fourth-order valence-corrected chi connectivity index (χ4v) is 2.56. The van der Waals surface area contributed by atoms with Gasteiger partial charge in [0.1, 0.15) is 11.3 Å². The third-order valence-corrected chi connectivity index (χ3v) is 3.77. The summed E-state index contributed by atoms with van der Waals surface area (Å²) in [6.07, 6.45) is 3.43. The molecule has 0 aromatic carbocycles. The van der Waals surface area contributed by atoms with E-state index >= 15 is 0 Å². The SMILES string of the molecule is CCCc1nc2c([nH]1)c(=O)n(CCCCC(C)O)c(=O)n2C. The molecule has 0 fully saturated rings. The van der Waals surface area contributed by atoms with E-state index in [-0.39, 0.29) is 17.4 Å². The molecule has 7 heteroatoms. The Labute approximate surface area is 128 Å².